The van der Waals surface area contributed by atoms with Crippen LogP contribution in [0.15, 0.2) is 42.0 Å². The van der Waals surface area contributed by atoms with E-state index in [2.05, 4.69) is 17.6 Å². The van der Waals surface area contributed by atoms with E-state index in [0.29, 0.717) is 0 Å². The fourth-order valence-electron chi connectivity index (χ4n) is 5.30. The molecule has 2 rings (SSSR count). The number of nitrogens with one attached hydrogen (secondary N) is 2. The number of anilines is 1. The molecule has 0 saturated heterocycles. The summed E-state index contributed by atoms with van der Waals surface area (Å²) in [6.07, 6.45) is 13.4. The lowest BCUT2D eigenvalue weighted by Crippen LogP contribution is -2.56. The highest BCUT2D eigenvalue weighted by Gasteiger charge is 2.37. The van der Waals surface area contributed by atoms with Gasteiger partial charge in [0.25, 0.3) is 11.4 Å². The van der Waals surface area contributed by atoms with Crippen molar-refractivity contribution in [3.05, 3.63) is 62.2 Å². The van der Waals surface area contributed by atoms with Crippen molar-refractivity contribution in [2.45, 2.75) is 120 Å². The minimum absolute atomic E-state index is 0.0450. The number of unbranched alkanes of at least 4 members (excludes halogenated alkanes) is 11. The zero-order chi connectivity index (χ0) is 32.5. The van der Waals surface area contributed by atoms with Gasteiger partial charge in [0.1, 0.15) is 24.0 Å². The summed E-state index contributed by atoms with van der Waals surface area (Å²) in [5.74, 6) is 0. The van der Waals surface area contributed by atoms with E-state index in [1.807, 2.05) is 6.08 Å². The van der Waals surface area contributed by atoms with Crippen LogP contribution in [0.4, 0.5) is 17.1 Å². The second kappa shape index (κ2) is 20.2. The van der Waals surface area contributed by atoms with Crippen LogP contribution in [0.25, 0.3) is 0 Å². The van der Waals surface area contributed by atoms with E-state index < -0.39 is 64.3 Å². The zero-order valence-electron chi connectivity index (χ0n) is 25.6. The number of nitro benzene ring substituents is 2. The van der Waals surface area contributed by atoms with Gasteiger partial charge in [0.15, 0.2) is 0 Å². The van der Waals surface area contributed by atoms with Crippen molar-refractivity contribution in [3.63, 3.8) is 0 Å². The van der Waals surface area contributed by atoms with Crippen molar-refractivity contribution in [2.24, 2.45) is 0 Å². The molecular weight excluding hydrogens is 572 g/mol. The molecule has 0 heterocycles. The lowest BCUT2D eigenvalue weighted by atomic mass is 9.88. The first-order chi connectivity index (χ1) is 21.1. The SMILES string of the molecule is CCCCCCCCCCCCCC=C[C@@H](O)C(CNC1C=C(CO)[C@@H](O)C(O)[C@H]1O)Nc1ccc([N+](=O)[O-])cc1[N+](=O)[O-]. The fourth-order valence-corrected chi connectivity index (χ4v) is 5.30. The van der Waals surface area contributed by atoms with Gasteiger partial charge >= 0.3 is 0 Å². The Balaban J connectivity index is 2.01. The van der Waals surface area contributed by atoms with Crippen LogP contribution in [0.3, 0.4) is 0 Å². The number of aliphatic hydroxyl groups is 5. The Kier molecular flexibility index (Phi) is 17.1. The van der Waals surface area contributed by atoms with E-state index >= 15 is 0 Å². The van der Waals surface area contributed by atoms with Crippen molar-refractivity contribution in [2.75, 3.05) is 18.5 Å². The molecule has 6 atom stereocenters. The molecule has 0 saturated carbocycles. The van der Waals surface area contributed by atoms with Crippen LogP contribution in [0, 0.1) is 20.2 Å². The molecule has 0 aliphatic heterocycles. The largest absolute Gasteiger partial charge is 0.392 e. The quantitative estimate of drug-likeness (QED) is 0.0427. The topological polar surface area (TPSA) is 211 Å². The van der Waals surface area contributed by atoms with Crippen LogP contribution in [-0.2, 0) is 0 Å². The number of rotatable bonds is 22. The van der Waals surface area contributed by atoms with Gasteiger partial charge in [0.2, 0.25) is 0 Å². The van der Waals surface area contributed by atoms with Gasteiger partial charge in [0, 0.05) is 12.6 Å². The predicted octanol–water partition coefficient (Wildman–Crippen LogP) is 3.87. The first-order valence-corrected chi connectivity index (χ1v) is 15.7. The Bertz CT molecular complexity index is 1080. The van der Waals surface area contributed by atoms with Gasteiger partial charge in [-0.1, -0.05) is 89.4 Å². The van der Waals surface area contributed by atoms with E-state index in [1.54, 1.807) is 6.08 Å². The number of non-ortho nitro benzene ring substituents is 1. The zero-order valence-corrected chi connectivity index (χ0v) is 25.6. The second-order valence-electron chi connectivity index (χ2n) is 11.5. The normalized spacial score (nSPS) is 21.6. The lowest BCUT2D eigenvalue weighted by Gasteiger charge is -2.35. The van der Waals surface area contributed by atoms with Crippen molar-refractivity contribution in [1.82, 2.24) is 5.32 Å². The van der Waals surface area contributed by atoms with E-state index in [9.17, 15) is 45.8 Å². The fraction of sp³-hybridized carbons (Fsp3) is 0.677. The molecule has 0 amide bonds. The maximum Gasteiger partial charge on any atom is 0.299 e. The summed E-state index contributed by atoms with van der Waals surface area (Å²) in [6, 6.07) is 1.35. The highest BCUT2D eigenvalue weighted by atomic mass is 16.6. The maximum atomic E-state index is 11.7. The number of aliphatic hydroxyl groups excluding tert-OH is 5. The Labute approximate surface area is 259 Å². The molecule has 7 N–H and O–H groups in total. The monoisotopic (exact) mass is 622 g/mol. The van der Waals surface area contributed by atoms with Crippen LogP contribution in [-0.4, -0.2) is 85.0 Å². The van der Waals surface area contributed by atoms with Crippen LogP contribution < -0.4 is 10.6 Å². The molecule has 1 aromatic rings. The van der Waals surface area contributed by atoms with Gasteiger partial charge in [-0.15, -0.1) is 0 Å². The van der Waals surface area contributed by atoms with Crippen molar-refractivity contribution >= 4 is 17.1 Å². The summed E-state index contributed by atoms with van der Waals surface area (Å²) in [4.78, 5) is 21.3. The summed E-state index contributed by atoms with van der Waals surface area (Å²) >= 11 is 0. The Morgan fingerprint density at radius 2 is 1.52 bits per heavy atom. The summed E-state index contributed by atoms with van der Waals surface area (Å²) in [5, 5.41) is 79.9. The summed E-state index contributed by atoms with van der Waals surface area (Å²) in [7, 11) is 0. The highest BCUT2D eigenvalue weighted by molar-refractivity contribution is 5.65. The summed E-state index contributed by atoms with van der Waals surface area (Å²) in [5.41, 5.74) is -0.927. The minimum Gasteiger partial charge on any atom is -0.392 e. The van der Waals surface area contributed by atoms with E-state index in [-0.39, 0.29) is 17.8 Å². The smallest absolute Gasteiger partial charge is 0.299 e. The third kappa shape index (κ3) is 12.2. The molecular formula is C31H50N4O9. The van der Waals surface area contributed by atoms with Crippen LogP contribution >= 0.6 is 0 Å². The molecule has 1 aliphatic rings. The Morgan fingerprint density at radius 1 is 0.909 bits per heavy atom. The van der Waals surface area contributed by atoms with Crippen molar-refractivity contribution in [1.29, 1.82) is 0 Å². The number of hydrogen-bond acceptors (Lipinski definition) is 11. The first kappa shape index (κ1) is 37.2. The van der Waals surface area contributed by atoms with Gasteiger partial charge < -0.3 is 36.2 Å². The van der Waals surface area contributed by atoms with Crippen LogP contribution in [0.1, 0.15) is 84.0 Å². The van der Waals surface area contributed by atoms with Gasteiger partial charge in [-0.25, -0.2) is 0 Å². The van der Waals surface area contributed by atoms with Crippen LogP contribution in [0.2, 0.25) is 0 Å². The summed E-state index contributed by atoms with van der Waals surface area (Å²) < 4.78 is 0. The van der Waals surface area contributed by atoms with E-state index in [0.717, 1.165) is 37.8 Å². The number of nitro groups is 2. The van der Waals surface area contributed by atoms with Gasteiger partial charge in [-0.05, 0) is 24.5 Å². The number of nitrogens with zero attached hydrogens (tertiary/aromatic N) is 2. The Morgan fingerprint density at radius 3 is 2.09 bits per heavy atom. The van der Waals surface area contributed by atoms with Crippen LogP contribution in [0.5, 0.6) is 0 Å². The molecule has 0 bridgehead atoms. The van der Waals surface area contributed by atoms with E-state index in [4.69, 9.17) is 0 Å². The number of allylic oxidation sites excluding steroid dienone is 1. The molecule has 13 heteroatoms. The average Bonchev–Trinajstić information content (AvgIpc) is 3.00. The molecule has 0 fully saturated rings. The lowest BCUT2D eigenvalue weighted by molar-refractivity contribution is -0.393. The second-order valence-corrected chi connectivity index (χ2v) is 11.5. The molecule has 1 aromatic carbocycles. The molecule has 1 aliphatic carbocycles. The summed E-state index contributed by atoms with van der Waals surface area (Å²) in [6.45, 7) is 1.61. The molecule has 248 valence electrons. The van der Waals surface area contributed by atoms with E-state index in [1.165, 1.54) is 63.5 Å². The number of hydrogen-bond donors (Lipinski definition) is 7. The predicted molar refractivity (Wildman–Crippen MR) is 168 cm³/mol. The first-order valence-electron chi connectivity index (χ1n) is 15.7. The molecule has 0 aromatic heterocycles. The van der Waals surface area contributed by atoms with Gasteiger partial charge in [-0.2, -0.15) is 0 Å². The van der Waals surface area contributed by atoms with Crippen molar-refractivity contribution in [3.8, 4) is 0 Å². The van der Waals surface area contributed by atoms with Crippen molar-refractivity contribution < 1.29 is 35.4 Å². The van der Waals surface area contributed by atoms with Gasteiger partial charge in [-0.3, -0.25) is 20.2 Å². The standard InChI is InChI=1S/C31H50N4O9/c1-2-3-4-5-6-7-8-9-10-11-12-13-14-15-28(37)26(20-32-25-18-22(21-36)29(38)31(40)30(25)39)33-24-17-16-23(34(41)42)19-27(24)35(43)44/h14-19,25-26,28-33,36-40H,2-13,20-21H2,1H3/t25?,26?,28-,29-,30+,31?/m1/s1. The number of benzene rings is 1. The third-order valence-electron chi connectivity index (χ3n) is 8.02. The minimum atomic E-state index is -1.56. The third-order valence-corrected chi connectivity index (χ3v) is 8.02. The Hall–Kier alpha value is -2.94. The van der Waals surface area contributed by atoms with Gasteiger partial charge in [0.05, 0.1) is 40.7 Å². The average molecular weight is 623 g/mol. The molecule has 0 spiro atoms. The maximum absolute atomic E-state index is 11.7. The highest BCUT2D eigenvalue weighted by Crippen LogP contribution is 2.30. The molecule has 3 unspecified atom stereocenters. The molecule has 13 nitrogen and oxygen atoms in total. The molecule has 0 radical (unpaired) electrons. The molecule has 44 heavy (non-hydrogen) atoms.